The van der Waals surface area contributed by atoms with Gasteiger partial charge in [0, 0.05) is 38.6 Å². The molecule has 6 nitrogen and oxygen atoms in total. The standard InChI is InChI=1S/C19H28N4O2.ClH/c1-14-6-9-20-12-17(14)22-18(24)7-10-21-19(25)23-11-8-15-4-2-3-5-16(15)13-23;/h2-5,14,17,20H,6-13H2,1H3,(H,21,25)(H,22,24);1H. The molecular formula is C19H29ClN4O2. The Labute approximate surface area is 161 Å². The van der Waals surface area contributed by atoms with Gasteiger partial charge < -0.3 is 20.9 Å². The third-order valence-electron chi connectivity index (χ3n) is 5.22. The van der Waals surface area contributed by atoms with Gasteiger partial charge in [0.25, 0.3) is 0 Å². The lowest BCUT2D eigenvalue weighted by Gasteiger charge is -2.30. The summed E-state index contributed by atoms with van der Waals surface area (Å²) in [6, 6.07) is 8.34. The van der Waals surface area contributed by atoms with Crippen LogP contribution in [-0.4, -0.2) is 49.1 Å². The monoisotopic (exact) mass is 380 g/mol. The van der Waals surface area contributed by atoms with E-state index in [2.05, 4.69) is 35.0 Å². The summed E-state index contributed by atoms with van der Waals surface area (Å²) in [4.78, 5) is 26.2. The number of urea groups is 1. The molecule has 2 atom stereocenters. The van der Waals surface area contributed by atoms with Crippen LogP contribution < -0.4 is 16.0 Å². The average Bonchev–Trinajstić information content (AvgIpc) is 2.63. The van der Waals surface area contributed by atoms with Crippen LogP contribution in [0.3, 0.4) is 0 Å². The number of amides is 3. The fourth-order valence-electron chi connectivity index (χ4n) is 3.53. The topological polar surface area (TPSA) is 73.5 Å². The lowest BCUT2D eigenvalue weighted by Crippen LogP contribution is -2.50. The molecule has 26 heavy (non-hydrogen) atoms. The molecule has 1 aromatic rings. The van der Waals surface area contributed by atoms with Gasteiger partial charge in [0.1, 0.15) is 0 Å². The Kier molecular flexibility index (Phi) is 7.72. The van der Waals surface area contributed by atoms with Crippen LogP contribution in [0.4, 0.5) is 4.79 Å². The number of nitrogens with zero attached hydrogens (tertiary/aromatic N) is 1. The van der Waals surface area contributed by atoms with Crippen LogP contribution in [0.1, 0.15) is 30.9 Å². The van der Waals surface area contributed by atoms with E-state index in [-0.39, 0.29) is 30.4 Å². The molecule has 1 aromatic carbocycles. The zero-order valence-corrected chi connectivity index (χ0v) is 16.1. The highest BCUT2D eigenvalue weighted by molar-refractivity contribution is 5.85. The molecule has 3 N–H and O–H groups in total. The average molecular weight is 381 g/mol. The van der Waals surface area contributed by atoms with Gasteiger partial charge in [0.05, 0.1) is 0 Å². The van der Waals surface area contributed by atoms with Gasteiger partial charge in [0.2, 0.25) is 5.91 Å². The predicted octanol–water partition coefficient (Wildman–Crippen LogP) is 1.68. The first-order valence-corrected chi connectivity index (χ1v) is 9.23. The number of benzene rings is 1. The largest absolute Gasteiger partial charge is 0.352 e. The molecule has 2 heterocycles. The minimum Gasteiger partial charge on any atom is -0.352 e. The summed E-state index contributed by atoms with van der Waals surface area (Å²) in [5.74, 6) is 0.498. The van der Waals surface area contributed by atoms with Crippen molar-refractivity contribution in [1.82, 2.24) is 20.9 Å². The van der Waals surface area contributed by atoms with Crippen LogP contribution in [0.15, 0.2) is 24.3 Å². The van der Waals surface area contributed by atoms with Gasteiger partial charge in [0.15, 0.2) is 0 Å². The van der Waals surface area contributed by atoms with Crippen molar-refractivity contribution in [3.8, 4) is 0 Å². The molecule has 0 bridgehead atoms. The Morgan fingerprint density at radius 2 is 2.04 bits per heavy atom. The molecule has 3 rings (SSSR count). The zero-order chi connectivity index (χ0) is 17.6. The van der Waals surface area contributed by atoms with Gasteiger partial charge in [-0.2, -0.15) is 0 Å². The maximum Gasteiger partial charge on any atom is 0.317 e. The number of piperidine rings is 1. The van der Waals surface area contributed by atoms with Crippen LogP contribution >= 0.6 is 12.4 Å². The lowest BCUT2D eigenvalue weighted by atomic mass is 9.95. The third kappa shape index (κ3) is 5.35. The fourth-order valence-corrected chi connectivity index (χ4v) is 3.53. The summed E-state index contributed by atoms with van der Waals surface area (Å²) in [5.41, 5.74) is 2.53. The van der Waals surface area contributed by atoms with Crippen molar-refractivity contribution in [2.24, 2.45) is 5.92 Å². The number of hydrogen-bond donors (Lipinski definition) is 3. The van der Waals surface area contributed by atoms with Crippen molar-refractivity contribution >= 4 is 24.3 Å². The van der Waals surface area contributed by atoms with Crippen LogP contribution in [0.5, 0.6) is 0 Å². The summed E-state index contributed by atoms with van der Waals surface area (Å²) in [6.07, 6.45) is 2.29. The Bertz CT molecular complexity index is 625. The molecule has 3 amide bonds. The maximum atomic E-state index is 12.3. The molecule has 1 saturated heterocycles. The first kappa shape index (κ1) is 20.5. The number of halogens is 1. The predicted molar refractivity (Wildman–Crippen MR) is 104 cm³/mol. The second-order valence-electron chi connectivity index (χ2n) is 7.07. The summed E-state index contributed by atoms with van der Waals surface area (Å²) >= 11 is 0. The van der Waals surface area contributed by atoms with Crippen LogP contribution in [-0.2, 0) is 17.8 Å². The maximum absolute atomic E-state index is 12.3. The summed E-state index contributed by atoms with van der Waals surface area (Å²) < 4.78 is 0. The van der Waals surface area contributed by atoms with Crippen LogP contribution in [0.2, 0.25) is 0 Å². The quantitative estimate of drug-likeness (QED) is 0.744. The van der Waals surface area contributed by atoms with E-state index in [4.69, 9.17) is 0 Å². The molecule has 2 aliphatic rings. The van der Waals surface area contributed by atoms with E-state index in [0.717, 1.165) is 32.5 Å². The molecule has 144 valence electrons. The number of carbonyl (C=O) groups is 2. The highest BCUT2D eigenvalue weighted by Gasteiger charge is 2.23. The Balaban J connectivity index is 0.00000243. The van der Waals surface area contributed by atoms with E-state index in [1.165, 1.54) is 11.1 Å². The van der Waals surface area contributed by atoms with E-state index in [1.807, 2.05) is 17.0 Å². The van der Waals surface area contributed by atoms with Crippen molar-refractivity contribution in [3.63, 3.8) is 0 Å². The van der Waals surface area contributed by atoms with Gasteiger partial charge in [-0.05, 0) is 36.4 Å². The van der Waals surface area contributed by atoms with E-state index in [0.29, 0.717) is 25.4 Å². The van der Waals surface area contributed by atoms with Crippen molar-refractivity contribution < 1.29 is 9.59 Å². The van der Waals surface area contributed by atoms with Crippen LogP contribution in [0, 0.1) is 5.92 Å². The first-order valence-electron chi connectivity index (χ1n) is 9.23. The minimum atomic E-state index is -0.0880. The normalized spacial score (nSPS) is 22.0. The smallest absolute Gasteiger partial charge is 0.317 e. The highest BCUT2D eigenvalue weighted by Crippen LogP contribution is 2.18. The van der Waals surface area contributed by atoms with E-state index in [9.17, 15) is 9.59 Å². The molecule has 0 aliphatic carbocycles. The Morgan fingerprint density at radius 3 is 2.81 bits per heavy atom. The summed E-state index contributed by atoms with van der Waals surface area (Å²) in [6.45, 7) is 5.74. The highest BCUT2D eigenvalue weighted by atomic mass is 35.5. The van der Waals surface area contributed by atoms with Crippen LogP contribution in [0.25, 0.3) is 0 Å². The van der Waals surface area contributed by atoms with Gasteiger partial charge in [-0.15, -0.1) is 12.4 Å². The molecule has 1 fully saturated rings. The van der Waals surface area contributed by atoms with Gasteiger partial charge in [-0.3, -0.25) is 4.79 Å². The molecule has 7 heteroatoms. The van der Waals surface area contributed by atoms with Crippen molar-refractivity contribution in [2.45, 2.75) is 38.8 Å². The van der Waals surface area contributed by atoms with Gasteiger partial charge in [-0.25, -0.2) is 4.79 Å². The second-order valence-corrected chi connectivity index (χ2v) is 7.07. The minimum absolute atomic E-state index is 0. The number of carbonyl (C=O) groups excluding carboxylic acids is 2. The van der Waals surface area contributed by atoms with E-state index < -0.39 is 0 Å². The molecule has 0 saturated carbocycles. The number of rotatable bonds is 4. The van der Waals surface area contributed by atoms with E-state index in [1.54, 1.807) is 0 Å². The second kappa shape index (κ2) is 9.78. The molecule has 0 aromatic heterocycles. The molecule has 2 aliphatic heterocycles. The summed E-state index contributed by atoms with van der Waals surface area (Å²) in [5, 5.41) is 9.25. The number of nitrogens with one attached hydrogen (secondary N) is 3. The Morgan fingerprint density at radius 1 is 1.27 bits per heavy atom. The lowest BCUT2D eigenvalue weighted by molar-refractivity contribution is -0.122. The zero-order valence-electron chi connectivity index (χ0n) is 15.3. The van der Waals surface area contributed by atoms with Crippen molar-refractivity contribution in [3.05, 3.63) is 35.4 Å². The van der Waals surface area contributed by atoms with Gasteiger partial charge >= 0.3 is 6.03 Å². The number of hydrogen-bond acceptors (Lipinski definition) is 3. The van der Waals surface area contributed by atoms with E-state index >= 15 is 0 Å². The third-order valence-corrected chi connectivity index (χ3v) is 5.22. The summed E-state index contributed by atoms with van der Waals surface area (Å²) in [7, 11) is 0. The number of fused-ring (bicyclic) bond motifs is 1. The molecular weight excluding hydrogens is 352 g/mol. The van der Waals surface area contributed by atoms with Crippen molar-refractivity contribution in [2.75, 3.05) is 26.2 Å². The first-order chi connectivity index (χ1) is 12.1. The Hall–Kier alpha value is -1.79. The molecule has 0 radical (unpaired) electrons. The SMILES string of the molecule is CC1CCNCC1NC(=O)CCNC(=O)N1CCc2ccccc2C1.Cl. The molecule has 2 unspecified atom stereocenters. The van der Waals surface area contributed by atoms with Crippen molar-refractivity contribution in [1.29, 1.82) is 0 Å². The molecule has 0 spiro atoms. The fraction of sp³-hybridized carbons (Fsp3) is 0.579. The van der Waals surface area contributed by atoms with Gasteiger partial charge in [-0.1, -0.05) is 31.2 Å².